The molecule has 1 aromatic carbocycles. The molecule has 6 heteroatoms. The third kappa shape index (κ3) is 4.99. The van der Waals surface area contributed by atoms with Crippen molar-refractivity contribution in [1.29, 1.82) is 0 Å². The van der Waals surface area contributed by atoms with Crippen LogP contribution in [0.1, 0.15) is 30.3 Å². The smallest absolute Gasteiger partial charge is 0.243 e. The molecule has 3 rings (SSSR count). The molecule has 0 aliphatic carbocycles. The summed E-state index contributed by atoms with van der Waals surface area (Å²) in [5, 5.41) is 0. The number of aromatic nitrogens is 2. The zero-order valence-corrected chi connectivity index (χ0v) is 16.1. The molecule has 2 aromatic heterocycles. The third-order valence-electron chi connectivity index (χ3n) is 4.23. The van der Waals surface area contributed by atoms with Crippen LogP contribution in [0.15, 0.2) is 78.0 Å². The Hall–Kier alpha value is -2.57. The molecule has 0 saturated heterocycles. The molecule has 0 N–H and O–H groups in total. The van der Waals surface area contributed by atoms with E-state index in [1.165, 1.54) is 4.31 Å². The van der Waals surface area contributed by atoms with Gasteiger partial charge in [0.15, 0.2) is 0 Å². The highest BCUT2D eigenvalue weighted by Crippen LogP contribution is 2.21. The monoisotopic (exact) mass is 381 g/mol. The third-order valence-corrected chi connectivity index (χ3v) is 6.03. The highest BCUT2D eigenvalue weighted by atomic mass is 32.2. The Kier molecular flexibility index (Phi) is 6.32. The van der Waals surface area contributed by atoms with E-state index in [2.05, 4.69) is 16.9 Å². The number of sulfonamides is 1. The maximum Gasteiger partial charge on any atom is 0.243 e. The fourth-order valence-corrected chi connectivity index (χ4v) is 4.22. The molecule has 140 valence electrons. The van der Waals surface area contributed by atoms with Crippen LogP contribution in [0.5, 0.6) is 0 Å². The van der Waals surface area contributed by atoms with Gasteiger partial charge in [0.25, 0.3) is 0 Å². The molecule has 0 spiro atoms. The first kappa shape index (κ1) is 19.2. The van der Waals surface area contributed by atoms with Crippen LogP contribution >= 0.6 is 0 Å². The molecule has 3 aromatic rings. The van der Waals surface area contributed by atoms with Crippen LogP contribution < -0.4 is 0 Å². The molecular weight excluding hydrogens is 358 g/mol. The quantitative estimate of drug-likeness (QED) is 0.595. The minimum Gasteiger partial charge on any atom is -0.260 e. The highest BCUT2D eigenvalue weighted by molar-refractivity contribution is 7.89. The lowest BCUT2D eigenvalue weighted by molar-refractivity contribution is 0.393. The van der Waals surface area contributed by atoms with Crippen LogP contribution in [0.3, 0.4) is 0 Å². The zero-order chi connectivity index (χ0) is 19.1. The summed E-state index contributed by atoms with van der Waals surface area (Å²) in [6, 6.07) is 18.1. The van der Waals surface area contributed by atoms with E-state index in [1.54, 1.807) is 24.5 Å². The van der Waals surface area contributed by atoms with E-state index in [-0.39, 0.29) is 18.0 Å². The van der Waals surface area contributed by atoms with Gasteiger partial charge in [0.05, 0.1) is 29.4 Å². The van der Waals surface area contributed by atoms with Crippen molar-refractivity contribution in [3.05, 3.63) is 90.0 Å². The van der Waals surface area contributed by atoms with Crippen molar-refractivity contribution in [2.75, 3.05) is 0 Å². The maximum absolute atomic E-state index is 13.3. The van der Waals surface area contributed by atoms with Gasteiger partial charge in [-0.2, -0.15) is 4.31 Å². The van der Waals surface area contributed by atoms with Gasteiger partial charge in [0.1, 0.15) is 0 Å². The molecule has 0 fully saturated rings. The van der Waals surface area contributed by atoms with Crippen LogP contribution in [-0.4, -0.2) is 22.7 Å². The Morgan fingerprint density at radius 1 is 0.815 bits per heavy atom. The lowest BCUT2D eigenvalue weighted by Gasteiger charge is -2.22. The molecule has 0 aliphatic rings. The second-order valence-electron chi connectivity index (χ2n) is 6.31. The first-order valence-corrected chi connectivity index (χ1v) is 10.4. The molecule has 0 unspecified atom stereocenters. The van der Waals surface area contributed by atoms with E-state index in [9.17, 15) is 8.42 Å². The summed E-state index contributed by atoms with van der Waals surface area (Å²) in [6.45, 7) is 2.49. The standard InChI is InChI=1S/C21H23N3O2S/c1-2-7-18-10-12-21(13-11-18)27(25,26)24(16-19-8-3-5-14-22-19)17-20-9-4-6-15-23-20/h3-6,8-15H,2,7,16-17H2,1H3. The second kappa shape index (κ2) is 8.88. The number of pyridine rings is 2. The molecule has 0 aliphatic heterocycles. The van der Waals surface area contributed by atoms with Gasteiger partial charge in [0.2, 0.25) is 10.0 Å². The molecule has 0 atom stereocenters. The average Bonchev–Trinajstić information content (AvgIpc) is 2.70. The van der Waals surface area contributed by atoms with Gasteiger partial charge in [-0.1, -0.05) is 37.6 Å². The minimum absolute atomic E-state index is 0.191. The first-order chi connectivity index (χ1) is 13.1. The van der Waals surface area contributed by atoms with Gasteiger partial charge in [-0.15, -0.1) is 0 Å². The van der Waals surface area contributed by atoms with Crippen LogP contribution in [0, 0.1) is 0 Å². The van der Waals surface area contributed by atoms with E-state index in [1.807, 2.05) is 48.5 Å². The van der Waals surface area contributed by atoms with E-state index in [4.69, 9.17) is 0 Å². The first-order valence-electron chi connectivity index (χ1n) is 8.98. The normalized spacial score (nSPS) is 11.6. The van der Waals surface area contributed by atoms with Crippen molar-refractivity contribution in [3.8, 4) is 0 Å². The van der Waals surface area contributed by atoms with Gasteiger partial charge in [-0.05, 0) is 48.4 Å². The number of benzene rings is 1. The van der Waals surface area contributed by atoms with E-state index in [0.29, 0.717) is 11.4 Å². The number of hydrogen-bond donors (Lipinski definition) is 0. The highest BCUT2D eigenvalue weighted by Gasteiger charge is 2.25. The number of hydrogen-bond acceptors (Lipinski definition) is 4. The summed E-state index contributed by atoms with van der Waals surface area (Å²) < 4.78 is 28.0. The summed E-state index contributed by atoms with van der Waals surface area (Å²) in [5.74, 6) is 0. The van der Waals surface area contributed by atoms with Crippen molar-refractivity contribution >= 4 is 10.0 Å². The fraction of sp³-hybridized carbons (Fsp3) is 0.238. The molecule has 27 heavy (non-hydrogen) atoms. The van der Waals surface area contributed by atoms with Crippen molar-refractivity contribution < 1.29 is 8.42 Å². The van der Waals surface area contributed by atoms with Crippen LogP contribution in [0.2, 0.25) is 0 Å². The van der Waals surface area contributed by atoms with Gasteiger partial charge in [0, 0.05) is 12.4 Å². The summed E-state index contributed by atoms with van der Waals surface area (Å²) in [6.07, 6.45) is 5.30. The summed E-state index contributed by atoms with van der Waals surface area (Å²) in [7, 11) is -3.68. The van der Waals surface area contributed by atoms with Crippen LogP contribution in [-0.2, 0) is 29.5 Å². The molecule has 0 radical (unpaired) electrons. The Labute approximate surface area is 160 Å². The molecule has 5 nitrogen and oxygen atoms in total. The summed E-state index contributed by atoms with van der Waals surface area (Å²) >= 11 is 0. The number of rotatable bonds is 8. The summed E-state index contributed by atoms with van der Waals surface area (Å²) in [4.78, 5) is 8.84. The number of nitrogens with zero attached hydrogens (tertiary/aromatic N) is 3. The predicted octanol–water partition coefficient (Wildman–Crippen LogP) is 3.82. The van der Waals surface area contributed by atoms with E-state index in [0.717, 1.165) is 18.4 Å². The lowest BCUT2D eigenvalue weighted by Crippen LogP contribution is -2.31. The van der Waals surface area contributed by atoms with E-state index < -0.39 is 10.0 Å². The Bertz CT molecular complexity index is 902. The van der Waals surface area contributed by atoms with Crippen molar-refractivity contribution in [3.63, 3.8) is 0 Å². The zero-order valence-electron chi connectivity index (χ0n) is 15.3. The van der Waals surface area contributed by atoms with E-state index >= 15 is 0 Å². The SMILES string of the molecule is CCCc1ccc(S(=O)(=O)N(Cc2ccccn2)Cc2ccccn2)cc1. The number of aryl methyl sites for hydroxylation is 1. The van der Waals surface area contributed by atoms with Crippen LogP contribution in [0.4, 0.5) is 0 Å². The molecular formula is C21H23N3O2S. The largest absolute Gasteiger partial charge is 0.260 e. The Morgan fingerprint density at radius 2 is 1.37 bits per heavy atom. The minimum atomic E-state index is -3.68. The van der Waals surface area contributed by atoms with Gasteiger partial charge < -0.3 is 0 Å². The maximum atomic E-state index is 13.3. The second-order valence-corrected chi connectivity index (χ2v) is 8.25. The summed E-state index contributed by atoms with van der Waals surface area (Å²) in [5.41, 5.74) is 2.52. The van der Waals surface area contributed by atoms with Crippen molar-refractivity contribution in [2.45, 2.75) is 37.8 Å². The molecule has 0 amide bonds. The topological polar surface area (TPSA) is 63.2 Å². The van der Waals surface area contributed by atoms with Crippen molar-refractivity contribution in [1.82, 2.24) is 14.3 Å². The molecule has 2 heterocycles. The molecule has 0 bridgehead atoms. The fourth-order valence-electron chi connectivity index (χ4n) is 2.84. The predicted molar refractivity (Wildman–Crippen MR) is 105 cm³/mol. The Morgan fingerprint density at radius 3 is 1.81 bits per heavy atom. The lowest BCUT2D eigenvalue weighted by atomic mass is 10.1. The van der Waals surface area contributed by atoms with Crippen molar-refractivity contribution in [2.24, 2.45) is 0 Å². The average molecular weight is 382 g/mol. The van der Waals surface area contributed by atoms with Gasteiger partial charge in [-0.3, -0.25) is 9.97 Å². The van der Waals surface area contributed by atoms with Crippen LogP contribution in [0.25, 0.3) is 0 Å². The van der Waals surface area contributed by atoms with Gasteiger partial charge in [-0.25, -0.2) is 8.42 Å². The Balaban J connectivity index is 1.92. The van der Waals surface area contributed by atoms with Gasteiger partial charge >= 0.3 is 0 Å². The molecule has 0 saturated carbocycles.